The predicted octanol–water partition coefficient (Wildman–Crippen LogP) is 14.7. The number of hydrogen-bond acceptors (Lipinski definition) is 17. The van der Waals surface area contributed by atoms with Gasteiger partial charge in [0.05, 0.1) is 23.3 Å². The van der Waals surface area contributed by atoms with E-state index in [4.69, 9.17) is 30.2 Å². The molecule has 22 nitrogen and oxygen atoms in total. The number of amides is 2. The minimum absolute atomic E-state index is 0.0947. The van der Waals surface area contributed by atoms with Crippen LogP contribution in [0.3, 0.4) is 0 Å². The van der Waals surface area contributed by atoms with Gasteiger partial charge in [-0.05, 0) is 88.7 Å². The maximum absolute atomic E-state index is 12.6. The van der Waals surface area contributed by atoms with E-state index in [0.29, 0.717) is 89.5 Å². The van der Waals surface area contributed by atoms with E-state index in [1.165, 1.54) is 12.4 Å². The van der Waals surface area contributed by atoms with Gasteiger partial charge in [0, 0.05) is 116 Å². The van der Waals surface area contributed by atoms with Crippen molar-refractivity contribution in [2.45, 2.75) is 58.5 Å². The SMILES string of the molecule is C=C(O)c1cc(-c2nc(NCc3ccccc3)c3c(-c4ccccc4)ccn3n2)ccn1.CCC(O)CNC(=O)c1cncc(-c2nc(NCc3ccccc3)c3c(-c4ccccc4)ccn3n2)c1.CCC(O)CNC(=O)c1cncc(-c2nc(NCc3ccccc3)c3c(-c4ccccc4)ccn3n2)c1. The summed E-state index contributed by atoms with van der Waals surface area (Å²) < 4.78 is 5.45. The molecule has 106 heavy (non-hydrogen) atoms. The highest BCUT2D eigenvalue weighted by Crippen LogP contribution is 2.35. The maximum atomic E-state index is 12.6. The van der Waals surface area contributed by atoms with E-state index in [2.05, 4.69) is 121 Å². The average Bonchev–Trinajstić information content (AvgIpc) is 1.60. The van der Waals surface area contributed by atoms with Crippen LogP contribution >= 0.6 is 0 Å². The molecule has 22 heteroatoms. The second-order valence-electron chi connectivity index (χ2n) is 24.9. The first-order chi connectivity index (χ1) is 51.9. The van der Waals surface area contributed by atoms with Crippen molar-refractivity contribution in [2.75, 3.05) is 29.0 Å². The molecule has 0 spiro atoms. The number of carbonyl (C=O) groups excluding carboxylic acids is 2. The molecule has 0 radical (unpaired) electrons. The number of benzene rings is 6. The molecule has 15 rings (SSSR count). The number of rotatable bonds is 24. The molecule has 6 aromatic carbocycles. The Balaban J connectivity index is 0.000000141. The Kier molecular flexibility index (Phi) is 22.7. The van der Waals surface area contributed by atoms with Crippen LogP contribution in [-0.4, -0.2) is 111 Å². The van der Waals surface area contributed by atoms with Crippen LogP contribution in [0.4, 0.5) is 17.5 Å². The number of aliphatic hydroxyl groups is 3. The Morgan fingerprint density at radius 1 is 0.415 bits per heavy atom. The van der Waals surface area contributed by atoms with Crippen LogP contribution in [0.5, 0.6) is 0 Å². The fourth-order valence-corrected chi connectivity index (χ4v) is 11.7. The van der Waals surface area contributed by atoms with Crippen LogP contribution in [0.1, 0.15) is 69.8 Å². The van der Waals surface area contributed by atoms with Crippen molar-refractivity contribution >= 4 is 51.6 Å². The third kappa shape index (κ3) is 17.3. The summed E-state index contributed by atoms with van der Waals surface area (Å²) in [6.07, 6.45) is 13.6. The summed E-state index contributed by atoms with van der Waals surface area (Å²) >= 11 is 0. The van der Waals surface area contributed by atoms with E-state index in [9.17, 15) is 24.9 Å². The van der Waals surface area contributed by atoms with E-state index in [0.717, 1.165) is 78.0 Å². The molecule has 528 valence electrons. The van der Waals surface area contributed by atoms with Gasteiger partial charge < -0.3 is 41.9 Å². The van der Waals surface area contributed by atoms with Crippen molar-refractivity contribution in [3.8, 4) is 67.5 Å². The summed E-state index contributed by atoms with van der Waals surface area (Å²) in [5.41, 5.74) is 15.5. The Labute approximate surface area is 612 Å². The van der Waals surface area contributed by atoms with Crippen molar-refractivity contribution in [3.05, 3.63) is 314 Å². The summed E-state index contributed by atoms with van der Waals surface area (Å²) in [4.78, 5) is 52.5. The Morgan fingerprint density at radius 3 is 1.08 bits per heavy atom. The van der Waals surface area contributed by atoms with Crippen LogP contribution in [0.15, 0.2) is 281 Å². The third-order valence-electron chi connectivity index (χ3n) is 17.5. The van der Waals surface area contributed by atoms with Gasteiger partial charge in [-0.2, -0.15) is 0 Å². The van der Waals surface area contributed by atoms with Gasteiger partial charge >= 0.3 is 0 Å². The zero-order valence-corrected chi connectivity index (χ0v) is 58.3. The molecule has 9 aromatic heterocycles. The van der Waals surface area contributed by atoms with E-state index in [-0.39, 0.29) is 30.7 Å². The van der Waals surface area contributed by atoms with Crippen LogP contribution < -0.4 is 26.6 Å². The normalized spacial score (nSPS) is 11.5. The van der Waals surface area contributed by atoms with Crippen molar-refractivity contribution in [3.63, 3.8) is 0 Å². The summed E-state index contributed by atoms with van der Waals surface area (Å²) in [5, 5.41) is 59.5. The topological polar surface area (TPSA) is 284 Å². The smallest absolute Gasteiger partial charge is 0.252 e. The lowest BCUT2D eigenvalue weighted by Crippen LogP contribution is -2.31. The zero-order chi connectivity index (χ0) is 73.1. The Hall–Kier alpha value is -13.6. The van der Waals surface area contributed by atoms with Gasteiger partial charge in [0.2, 0.25) is 0 Å². The van der Waals surface area contributed by atoms with Crippen molar-refractivity contribution in [1.29, 1.82) is 0 Å². The fraction of sp³-hybridized carbons (Fsp3) is 0.131. The monoisotopic (exact) mass is 1400 g/mol. The second-order valence-corrected chi connectivity index (χ2v) is 24.9. The predicted molar refractivity (Wildman–Crippen MR) is 415 cm³/mol. The first-order valence-electron chi connectivity index (χ1n) is 34.8. The lowest BCUT2D eigenvalue weighted by Gasteiger charge is -2.12. The average molecular weight is 1400 g/mol. The van der Waals surface area contributed by atoms with Gasteiger partial charge in [0.15, 0.2) is 34.9 Å². The van der Waals surface area contributed by atoms with E-state index < -0.39 is 12.2 Å². The highest BCUT2D eigenvalue weighted by atomic mass is 16.3. The van der Waals surface area contributed by atoms with Crippen LogP contribution in [0, 0.1) is 0 Å². The lowest BCUT2D eigenvalue weighted by molar-refractivity contribution is 0.0908. The Bertz CT molecular complexity index is 5240. The first-order valence-corrected chi connectivity index (χ1v) is 34.8. The summed E-state index contributed by atoms with van der Waals surface area (Å²) in [6.45, 7) is 9.46. The minimum Gasteiger partial charge on any atom is -0.506 e. The van der Waals surface area contributed by atoms with E-state index in [1.54, 1.807) is 36.8 Å². The fourth-order valence-electron chi connectivity index (χ4n) is 11.7. The molecule has 0 saturated carbocycles. The molecule has 0 aliphatic heterocycles. The molecule has 15 aromatic rings. The molecule has 9 heterocycles. The van der Waals surface area contributed by atoms with E-state index in [1.807, 2.05) is 179 Å². The maximum Gasteiger partial charge on any atom is 0.252 e. The molecule has 0 aliphatic carbocycles. The van der Waals surface area contributed by atoms with Gasteiger partial charge in [0.25, 0.3) is 11.8 Å². The van der Waals surface area contributed by atoms with Gasteiger partial charge in [-0.3, -0.25) is 24.5 Å². The molecule has 0 aliphatic rings. The first kappa shape index (κ1) is 70.8. The number of carbonyl (C=O) groups is 2. The van der Waals surface area contributed by atoms with Crippen LogP contribution in [0.2, 0.25) is 0 Å². The summed E-state index contributed by atoms with van der Waals surface area (Å²) in [5.74, 6) is 2.77. The van der Waals surface area contributed by atoms with Gasteiger partial charge in [-0.1, -0.05) is 202 Å². The highest BCUT2D eigenvalue weighted by Gasteiger charge is 2.21. The molecule has 2 amide bonds. The van der Waals surface area contributed by atoms with Gasteiger partial charge in [-0.15, -0.1) is 15.3 Å². The molecule has 0 bridgehead atoms. The summed E-state index contributed by atoms with van der Waals surface area (Å²) in [6, 6.07) is 73.9. The molecular weight excluding hydrogens is 1330 g/mol. The Morgan fingerprint density at radius 2 is 0.745 bits per heavy atom. The van der Waals surface area contributed by atoms with Crippen LogP contribution in [-0.2, 0) is 19.6 Å². The number of aromatic nitrogens is 12. The number of fused-ring (bicyclic) bond motifs is 3. The van der Waals surface area contributed by atoms with Crippen molar-refractivity contribution < 1.29 is 24.9 Å². The number of hydrogen-bond donors (Lipinski definition) is 8. The molecule has 2 unspecified atom stereocenters. The molecule has 8 N–H and O–H groups in total. The van der Waals surface area contributed by atoms with E-state index >= 15 is 0 Å². The number of anilines is 3. The standard InChI is InChI=1S/2C29H28N6O2.C26H21N5O/c2*1-2-24(36)19-32-29(37)23-15-22(17-30-18-23)27-33-28(31-16-20-9-5-3-6-10-20)26-25(13-14-35(26)34-27)21-11-7-4-8-12-21;1-18(32)23-16-21(12-14-27-23)25-29-26(28-17-19-8-4-2-5-9-19)24-22(13-15-31(24)30-25)20-10-6-3-7-11-20/h2*3-15,17-18,24,36H,2,16,19H2,1H3,(H,32,37)(H,31,33,34);2-16,32H,1,17H2,(H,28,29,30). The van der Waals surface area contributed by atoms with Gasteiger partial charge in [0.1, 0.15) is 28.0 Å². The molecular formula is C84H77N17O5. The third-order valence-corrected chi connectivity index (χ3v) is 17.5. The number of nitrogens with one attached hydrogen (secondary N) is 5. The molecule has 0 fully saturated rings. The molecule has 0 saturated heterocycles. The number of nitrogens with zero attached hydrogens (tertiary/aromatic N) is 12. The number of pyridine rings is 3. The zero-order valence-electron chi connectivity index (χ0n) is 58.3. The minimum atomic E-state index is -0.586. The quantitative estimate of drug-likeness (QED) is 0.0261. The van der Waals surface area contributed by atoms with Crippen molar-refractivity contribution in [2.24, 2.45) is 0 Å². The van der Waals surface area contributed by atoms with Gasteiger partial charge in [-0.25, -0.2) is 28.5 Å². The second kappa shape index (κ2) is 33.9. The summed E-state index contributed by atoms with van der Waals surface area (Å²) in [7, 11) is 0. The van der Waals surface area contributed by atoms with Crippen molar-refractivity contribution in [1.82, 2.24) is 69.4 Å². The lowest BCUT2D eigenvalue weighted by atomic mass is 10.1. The molecule has 2 atom stereocenters. The largest absolute Gasteiger partial charge is 0.506 e. The van der Waals surface area contributed by atoms with Crippen LogP contribution in [0.25, 0.3) is 89.9 Å². The highest BCUT2D eigenvalue weighted by molar-refractivity contribution is 5.96. The number of aliphatic hydroxyl groups excluding tert-OH is 3.